The van der Waals surface area contributed by atoms with Crippen molar-refractivity contribution in [1.82, 2.24) is 21.1 Å². The number of hydrogen-bond acceptors (Lipinski definition) is 6. The van der Waals surface area contributed by atoms with E-state index >= 15 is 0 Å². The van der Waals surface area contributed by atoms with E-state index in [-0.39, 0.29) is 36.1 Å². The van der Waals surface area contributed by atoms with Crippen LogP contribution in [-0.4, -0.2) is 51.3 Å². The normalized spacial score (nSPS) is 12.4. The fourth-order valence-corrected chi connectivity index (χ4v) is 4.14. The monoisotopic (exact) mass is 618 g/mol. The quantitative estimate of drug-likeness (QED) is 0.198. The second-order valence-corrected chi connectivity index (χ2v) is 10.9. The number of aromatic hydroxyl groups is 1. The Morgan fingerprint density at radius 1 is 0.825 bits per heavy atom. The standard InChI is InChI=1S/C29H39BrN4O6/c1-19(2)14-24(32-29(39)40-18-22-8-6-5-7-9-22)27(37)31-25(15-20(3)4)28(38)33-34(26(36)16-30)17-21-10-12-23(35)13-11-21/h5-13,19-20,24-25,35H,14-18H2,1-4H3,(H,31,37)(H,32,39)(H,33,38)/t24-,25-/m0/s1. The van der Waals surface area contributed by atoms with Crippen LogP contribution in [0.1, 0.15) is 51.7 Å². The Labute approximate surface area is 243 Å². The largest absolute Gasteiger partial charge is 0.508 e. The first-order valence-electron chi connectivity index (χ1n) is 13.2. The smallest absolute Gasteiger partial charge is 0.408 e. The highest BCUT2D eigenvalue weighted by atomic mass is 79.9. The van der Waals surface area contributed by atoms with Crippen LogP contribution in [-0.2, 0) is 32.3 Å². The molecule has 0 aromatic heterocycles. The Hall–Kier alpha value is -3.60. The summed E-state index contributed by atoms with van der Waals surface area (Å²) in [5.41, 5.74) is 4.12. The molecule has 2 aromatic carbocycles. The highest BCUT2D eigenvalue weighted by Gasteiger charge is 2.30. The molecule has 0 saturated heterocycles. The second-order valence-electron chi connectivity index (χ2n) is 10.3. The summed E-state index contributed by atoms with van der Waals surface area (Å²) in [6.45, 7) is 7.78. The topological polar surface area (TPSA) is 137 Å². The van der Waals surface area contributed by atoms with Crippen molar-refractivity contribution in [1.29, 1.82) is 0 Å². The van der Waals surface area contributed by atoms with E-state index in [2.05, 4.69) is 32.0 Å². The lowest BCUT2D eigenvalue weighted by Crippen LogP contribution is -2.57. The summed E-state index contributed by atoms with van der Waals surface area (Å²) in [7, 11) is 0. The van der Waals surface area contributed by atoms with Gasteiger partial charge in [0.25, 0.3) is 11.8 Å². The second kappa shape index (κ2) is 16.5. The van der Waals surface area contributed by atoms with Gasteiger partial charge in [0, 0.05) is 0 Å². The number of carbonyl (C=O) groups is 4. The van der Waals surface area contributed by atoms with Crippen molar-refractivity contribution < 1.29 is 29.0 Å². The summed E-state index contributed by atoms with van der Waals surface area (Å²) in [6.07, 6.45) is -0.102. The molecular weight excluding hydrogens is 580 g/mol. The van der Waals surface area contributed by atoms with Gasteiger partial charge in [0.1, 0.15) is 24.4 Å². The Morgan fingerprint density at radius 3 is 1.95 bits per heavy atom. The molecule has 0 aliphatic rings. The van der Waals surface area contributed by atoms with Gasteiger partial charge in [0.2, 0.25) is 5.91 Å². The van der Waals surface area contributed by atoms with E-state index in [9.17, 15) is 24.3 Å². The molecule has 0 bridgehead atoms. The maximum atomic E-state index is 13.3. The minimum atomic E-state index is -0.963. The molecule has 0 radical (unpaired) electrons. The van der Waals surface area contributed by atoms with Gasteiger partial charge in [-0.25, -0.2) is 9.80 Å². The minimum Gasteiger partial charge on any atom is -0.508 e. The van der Waals surface area contributed by atoms with Gasteiger partial charge in [-0.1, -0.05) is 86.1 Å². The zero-order valence-electron chi connectivity index (χ0n) is 23.4. The summed E-state index contributed by atoms with van der Waals surface area (Å²) in [5, 5.41) is 16.1. The number of alkyl carbamates (subject to hydrolysis) is 1. The van der Waals surface area contributed by atoms with Gasteiger partial charge in [-0.3, -0.25) is 19.8 Å². The number of rotatable bonds is 13. The minimum absolute atomic E-state index is 0.0297. The predicted molar refractivity (Wildman–Crippen MR) is 155 cm³/mol. The van der Waals surface area contributed by atoms with Crippen LogP contribution in [0.4, 0.5) is 4.79 Å². The summed E-state index contributed by atoms with van der Waals surface area (Å²) in [6, 6.07) is 13.6. The predicted octanol–water partition coefficient (Wildman–Crippen LogP) is 4.02. The molecule has 0 heterocycles. The van der Waals surface area contributed by atoms with E-state index in [4.69, 9.17) is 4.74 Å². The third-order valence-corrected chi connectivity index (χ3v) is 6.29. The van der Waals surface area contributed by atoms with Crippen LogP contribution in [0.25, 0.3) is 0 Å². The number of nitrogens with one attached hydrogen (secondary N) is 3. The highest BCUT2D eigenvalue weighted by molar-refractivity contribution is 9.09. The molecule has 2 atom stereocenters. The molecule has 2 aromatic rings. The molecule has 0 saturated carbocycles. The van der Waals surface area contributed by atoms with Crippen molar-refractivity contribution >= 4 is 39.7 Å². The van der Waals surface area contributed by atoms with Gasteiger partial charge in [0.15, 0.2) is 0 Å². The van der Waals surface area contributed by atoms with Crippen LogP contribution in [0.3, 0.4) is 0 Å². The number of ether oxygens (including phenoxy) is 1. The summed E-state index contributed by atoms with van der Waals surface area (Å²) in [5.74, 6) is -1.29. The Kier molecular flexibility index (Phi) is 13.4. The average Bonchev–Trinajstić information content (AvgIpc) is 2.91. The molecule has 40 heavy (non-hydrogen) atoms. The number of alkyl halides is 1. The first-order chi connectivity index (χ1) is 19.0. The van der Waals surface area contributed by atoms with Gasteiger partial charge in [-0.15, -0.1) is 0 Å². The molecular formula is C29H39BrN4O6. The van der Waals surface area contributed by atoms with Crippen LogP contribution in [0.5, 0.6) is 5.75 Å². The number of hydrazine groups is 1. The van der Waals surface area contributed by atoms with Crippen molar-refractivity contribution in [3.05, 3.63) is 65.7 Å². The zero-order chi connectivity index (χ0) is 29.7. The lowest BCUT2D eigenvalue weighted by atomic mass is 10.0. The fourth-order valence-electron chi connectivity index (χ4n) is 3.84. The van der Waals surface area contributed by atoms with Crippen molar-refractivity contribution in [2.24, 2.45) is 11.8 Å². The number of benzene rings is 2. The van der Waals surface area contributed by atoms with E-state index in [1.807, 2.05) is 58.0 Å². The molecule has 218 valence electrons. The zero-order valence-corrected chi connectivity index (χ0v) is 24.9. The Morgan fingerprint density at radius 2 is 1.40 bits per heavy atom. The van der Waals surface area contributed by atoms with E-state index in [1.54, 1.807) is 12.1 Å². The summed E-state index contributed by atoms with van der Waals surface area (Å²) in [4.78, 5) is 51.7. The maximum absolute atomic E-state index is 13.3. The Bertz CT molecular complexity index is 1110. The SMILES string of the molecule is CC(C)C[C@H](NC(=O)OCc1ccccc1)C(=O)N[C@@H](CC(C)C)C(=O)NN(Cc1ccc(O)cc1)C(=O)CBr. The number of amides is 4. The van der Waals surface area contributed by atoms with Gasteiger partial charge in [-0.2, -0.15) is 0 Å². The third kappa shape index (κ3) is 11.6. The van der Waals surface area contributed by atoms with E-state index < -0.39 is 35.9 Å². The molecule has 0 spiro atoms. The lowest BCUT2D eigenvalue weighted by molar-refractivity contribution is -0.142. The highest BCUT2D eigenvalue weighted by Crippen LogP contribution is 2.13. The summed E-state index contributed by atoms with van der Waals surface area (Å²) < 4.78 is 5.29. The number of carbonyl (C=O) groups excluding carboxylic acids is 4. The van der Waals surface area contributed by atoms with Crippen LogP contribution in [0.15, 0.2) is 54.6 Å². The molecule has 0 aliphatic heterocycles. The average molecular weight is 620 g/mol. The van der Waals surface area contributed by atoms with Gasteiger partial charge in [0.05, 0.1) is 11.9 Å². The van der Waals surface area contributed by atoms with Crippen LogP contribution < -0.4 is 16.1 Å². The van der Waals surface area contributed by atoms with Crippen molar-refractivity contribution in [3.8, 4) is 5.75 Å². The Balaban J connectivity index is 2.11. The number of hydrogen-bond donors (Lipinski definition) is 4. The van der Waals surface area contributed by atoms with Crippen LogP contribution >= 0.6 is 15.9 Å². The van der Waals surface area contributed by atoms with E-state index in [1.165, 1.54) is 12.1 Å². The van der Waals surface area contributed by atoms with Gasteiger partial charge >= 0.3 is 6.09 Å². The summed E-state index contributed by atoms with van der Waals surface area (Å²) >= 11 is 3.14. The number of nitrogens with zero attached hydrogens (tertiary/aromatic N) is 1. The van der Waals surface area contributed by atoms with E-state index in [0.717, 1.165) is 10.6 Å². The number of phenolic OH excluding ortho intramolecular Hbond substituents is 1. The van der Waals surface area contributed by atoms with Crippen LogP contribution in [0, 0.1) is 11.8 Å². The number of halogens is 1. The molecule has 11 heteroatoms. The molecule has 4 N–H and O–H groups in total. The van der Waals surface area contributed by atoms with Crippen molar-refractivity contribution in [3.63, 3.8) is 0 Å². The van der Waals surface area contributed by atoms with Crippen molar-refractivity contribution in [2.45, 2.75) is 65.8 Å². The molecule has 0 unspecified atom stereocenters. The number of phenols is 1. The molecule has 4 amide bonds. The van der Waals surface area contributed by atoms with Crippen LogP contribution in [0.2, 0.25) is 0 Å². The molecule has 2 rings (SSSR count). The molecule has 0 fully saturated rings. The fraction of sp³-hybridized carbons (Fsp3) is 0.448. The molecule has 0 aliphatic carbocycles. The van der Waals surface area contributed by atoms with Gasteiger partial charge < -0.3 is 20.5 Å². The van der Waals surface area contributed by atoms with Gasteiger partial charge in [-0.05, 0) is 47.9 Å². The van der Waals surface area contributed by atoms with E-state index in [0.29, 0.717) is 18.4 Å². The molecule has 10 nitrogen and oxygen atoms in total. The lowest BCUT2D eigenvalue weighted by Gasteiger charge is -2.28. The third-order valence-electron chi connectivity index (χ3n) is 5.81. The van der Waals surface area contributed by atoms with Crippen molar-refractivity contribution in [2.75, 3.05) is 5.33 Å². The first kappa shape index (κ1) is 32.6. The maximum Gasteiger partial charge on any atom is 0.408 e. The first-order valence-corrected chi connectivity index (χ1v) is 14.3.